The number of nitrogens with one attached hydrogen (secondary N) is 1. The van der Waals surface area contributed by atoms with E-state index in [-0.39, 0.29) is 5.41 Å². The largest absolute Gasteiger partial charge is 0.385 e. The topological polar surface area (TPSA) is 12.0 Å². The maximum Gasteiger partial charge on any atom is 0.0340 e. The van der Waals surface area contributed by atoms with Crippen LogP contribution in [0, 0.1) is 6.92 Å². The van der Waals surface area contributed by atoms with Gasteiger partial charge in [0, 0.05) is 12.2 Å². The maximum absolute atomic E-state index is 3.29. The van der Waals surface area contributed by atoms with Crippen LogP contribution < -0.4 is 5.32 Å². The second-order valence-electron chi connectivity index (χ2n) is 6.01. The number of hydrogen-bond acceptors (Lipinski definition) is 1. The van der Waals surface area contributed by atoms with Crippen LogP contribution in [0.2, 0.25) is 0 Å². The fraction of sp³-hybridized carbons (Fsp3) is 0.429. The Kier molecular flexibility index (Phi) is 10.0. The second-order valence-corrected chi connectivity index (χ2v) is 6.01. The molecule has 0 aromatic heterocycles. The second kappa shape index (κ2) is 10.9. The molecule has 1 heteroatoms. The highest BCUT2D eigenvalue weighted by Crippen LogP contribution is 2.23. The van der Waals surface area contributed by atoms with Crippen LogP contribution >= 0.6 is 0 Å². The summed E-state index contributed by atoms with van der Waals surface area (Å²) >= 11 is 0. The summed E-state index contributed by atoms with van der Waals surface area (Å²) in [5, 5.41) is 3.29. The van der Waals surface area contributed by atoms with E-state index in [9.17, 15) is 0 Å². The lowest BCUT2D eigenvalue weighted by Gasteiger charge is -2.19. The first-order valence-electron chi connectivity index (χ1n) is 8.29. The van der Waals surface area contributed by atoms with Gasteiger partial charge < -0.3 is 5.32 Å². The Morgan fingerprint density at radius 1 is 0.818 bits per heavy atom. The van der Waals surface area contributed by atoms with E-state index in [1.54, 1.807) is 0 Å². The molecule has 0 aliphatic rings. The summed E-state index contributed by atoms with van der Waals surface area (Å²) in [5.41, 5.74) is 4.16. The highest BCUT2D eigenvalue weighted by Gasteiger charge is 2.12. The van der Waals surface area contributed by atoms with Crippen LogP contribution in [0.1, 0.15) is 52.7 Å². The molecule has 2 aromatic carbocycles. The van der Waals surface area contributed by atoms with Gasteiger partial charge in [0.25, 0.3) is 0 Å². The average Bonchev–Trinajstić information content (AvgIpc) is 2.51. The van der Waals surface area contributed by atoms with Gasteiger partial charge in [0.15, 0.2) is 0 Å². The molecule has 0 aliphatic heterocycles. The van der Waals surface area contributed by atoms with E-state index < -0.39 is 0 Å². The molecule has 22 heavy (non-hydrogen) atoms. The van der Waals surface area contributed by atoms with E-state index in [0.29, 0.717) is 0 Å². The molecule has 0 saturated heterocycles. The number of anilines is 1. The Hall–Kier alpha value is -1.76. The third-order valence-corrected chi connectivity index (χ3v) is 3.07. The van der Waals surface area contributed by atoms with E-state index in [0.717, 1.165) is 6.54 Å². The molecule has 0 atom stereocenters. The predicted octanol–water partition coefficient (Wildman–Crippen LogP) is 6.44. The van der Waals surface area contributed by atoms with Crippen LogP contribution in [0.15, 0.2) is 54.6 Å². The minimum absolute atomic E-state index is 0.255. The van der Waals surface area contributed by atoms with Crippen molar-refractivity contribution in [3.05, 3.63) is 65.7 Å². The predicted molar refractivity (Wildman–Crippen MR) is 102 cm³/mol. The summed E-state index contributed by atoms with van der Waals surface area (Å²) in [6, 6.07) is 18.9. The molecular formula is C21H33N. The van der Waals surface area contributed by atoms with Gasteiger partial charge in [0.2, 0.25) is 0 Å². The van der Waals surface area contributed by atoms with Gasteiger partial charge in [0.1, 0.15) is 0 Å². The zero-order valence-electron chi connectivity index (χ0n) is 15.4. The van der Waals surface area contributed by atoms with Crippen molar-refractivity contribution in [2.45, 2.75) is 53.9 Å². The summed E-state index contributed by atoms with van der Waals surface area (Å²) in [7, 11) is 0. The van der Waals surface area contributed by atoms with Gasteiger partial charge in [0.05, 0.1) is 0 Å². The van der Waals surface area contributed by atoms with Crippen molar-refractivity contribution >= 4 is 5.69 Å². The van der Waals surface area contributed by atoms with Gasteiger partial charge in [-0.1, -0.05) is 82.6 Å². The van der Waals surface area contributed by atoms with E-state index >= 15 is 0 Å². The average molecular weight is 300 g/mol. The van der Waals surface area contributed by atoms with Crippen molar-refractivity contribution in [2.24, 2.45) is 0 Å². The Labute approximate surface area is 137 Å². The zero-order valence-corrected chi connectivity index (χ0v) is 15.4. The first-order valence-corrected chi connectivity index (χ1v) is 8.29. The highest BCUT2D eigenvalue weighted by atomic mass is 14.8. The quantitative estimate of drug-likeness (QED) is 0.673. The van der Waals surface area contributed by atoms with Crippen LogP contribution in [0.4, 0.5) is 5.69 Å². The van der Waals surface area contributed by atoms with Crippen LogP contribution in [0.3, 0.4) is 0 Å². The third-order valence-electron chi connectivity index (χ3n) is 3.07. The minimum atomic E-state index is 0.255. The summed E-state index contributed by atoms with van der Waals surface area (Å²) in [4.78, 5) is 0. The molecule has 1 nitrogen and oxygen atoms in total. The van der Waals surface area contributed by atoms with Crippen molar-refractivity contribution in [1.29, 1.82) is 0 Å². The van der Waals surface area contributed by atoms with Crippen LogP contribution in [-0.4, -0.2) is 6.54 Å². The minimum Gasteiger partial charge on any atom is -0.385 e. The highest BCUT2D eigenvalue weighted by molar-refractivity contribution is 5.45. The maximum atomic E-state index is 3.29. The van der Waals surface area contributed by atoms with Gasteiger partial charge >= 0.3 is 0 Å². The van der Waals surface area contributed by atoms with E-state index in [1.807, 2.05) is 32.0 Å². The van der Waals surface area contributed by atoms with E-state index in [2.05, 4.69) is 76.3 Å². The molecule has 0 fully saturated rings. The Balaban J connectivity index is 0.000000412. The molecule has 0 spiro atoms. The van der Waals surface area contributed by atoms with Crippen LogP contribution in [0.25, 0.3) is 0 Å². The molecule has 2 aromatic rings. The summed E-state index contributed by atoms with van der Waals surface area (Å²) < 4.78 is 0. The van der Waals surface area contributed by atoms with Gasteiger partial charge in [-0.2, -0.15) is 0 Å². The van der Waals surface area contributed by atoms with Crippen LogP contribution in [-0.2, 0) is 5.41 Å². The number of benzene rings is 2. The van der Waals surface area contributed by atoms with Crippen molar-refractivity contribution in [2.75, 3.05) is 11.9 Å². The number of hydrogen-bond donors (Lipinski definition) is 1. The third kappa shape index (κ3) is 8.51. The Bertz CT molecular complexity index is 478. The van der Waals surface area contributed by atoms with Crippen LogP contribution in [0.5, 0.6) is 0 Å². The number of aryl methyl sites for hydroxylation is 1. The molecule has 0 saturated carbocycles. The lowest BCUT2D eigenvalue weighted by Crippen LogP contribution is -2.10. The molecule has 0 radical (unpaired) electrons. The van der Waals surface area contributed by atoms with Gasteiger partial charge in [-0.3, -0.25) is 0 Å². The number of rotatable bonds is 2. The van der Waals surface area contributed by atoms with Crippen molar-refractivity contribution in [3.63, 3.8) is 0 Å². The molecule has 122 valence electrons. The SMILES string of the molecule is CC.CCNc1ccc(C(C)(C)C)cc1.Cc1ccccc1. The van der Waals surface area contributed by atoms with Crippen molar-refractivity contribution < 1.29 is 0 Å². The van der Waals surface area contributed by atoms with Gasteiger partial charge in [-0.05, 0) is 37.0 Å². The molecular weight excluding hydrogens is 266 g/mol. The standard InChI is InChI=1S/C12H19N.C7H8.C2H6/c1-5-13-11-8-6-10(7-9-11)12(2,3)4;1-7-5-3-2-4-6-7;1-2/h6-9,13H,5H2,1-4H3;2-6H,1H3;1-2H3. The van der Waals surface area contributed by atoms with Gasteiger partial charge in [-0.25, -0.2) is 0 Å². The fourth-order valence-corrected chi connectivity index (χ4v) is 1.83. The molecule has 0 amide bonds. The van der Waals surface area contributed by atoms with E-state index in [1.165, 1.54) is 16.8 Å². The smallest absolute Gasteiger partial charge is 0.0340 e. The first kappa shape index (κ1) is 20.2. The molecule has 1 N–H and O–H groups in total. The Morgan fingerprint density at radius 3 is 1.64 bits per heavy atom. The first-order chi connectivity index (χ1) is 10.4. The summed E-state index contributed by atoms with van der Waals surface area (Å²) in [6.07, 6.45) is 0. The lowest BCUT2D eigenvalue weighted by molar-refractivity contribution is 0.590. The molecule has 0 bridgehead atoms. The van der Waals surface area contributed by atoms with Crippen molar-refractivity contribution in [1.82, 2.24) is 0 Å². The molecule has 0 aliphatic carbocycles. The summed E-state index contributed by atoms with van der Waals surface area (Å²) in [6.45, 7) is 15.9. The monoisotopic (exact) mass is 299 g/mol. The van der Waals surface area contributed by atoms with Gasteiger partial charge in [-0.15, -0.1) is 0 Å². The molecule has 0 unspecified atom stereocenters. The molecule has 0 heterocycles. The lowest BCUT2D eigenvalue weighted by atomic mass is 9.87. The Morgan fingerprint density at radius 2 is 1.32 bits per heavy atom. The van der Waals surface area contributed by atoms with Crippen molar-refractivity contribution in [3.8, 4) is 0 Å². The zero-order chi connectivity index (χ0) is 17.0. The fourth-order valence-electron chi connectivity index (χ4n) is 1.83. The summed E-state index contributed by atoms with van der Waals surface area (Å²) in [5.74, 6) is 0. The molecule has 2 rings (SSSR count). The van der Waals surface area contributed by atoms with E-state index in [4.69, 9.17) is 0 Å². The normalized spacial score (nSPS) is 9.77.